The van der Waals surface area contributed by atoms with Crippen LogP contribution in [0.15, 0.2) is 42.5 Å². The molecule has 0 aliphatic carbocycles. The van der Waals surface area contributed by atoms with Gasteiger partial charge in [-0.2, -0.15) is 13.2 Å². The zero-order valence-corrected chi connectivity index (χ0v) is 15.9. The first-order valence-corrected chi connectivity index (χ1v) is 8.43. The maximum absolute atomic E-state index is 13.4. The van der Waals surface area contributed by atoms with Gasteiger partial charge in [0.25, 0.3) is 5.69 Å². The molecule has 0 bridgehead atoms. The molecule has 0 heterocycles. The first-order chi connectivity index (χ1) is 13.4. The highest BCUT2D eigenvalue weighted by atomic mass is 19.4. The van der Waals surface area contributed by atoms with E-state index in [1.807, 2.05) is 0 Å². The Balaban J connectivity index is 2.43. The van der Waals surface area contributed by atoms with Gasteiger partial charge >= 0.3 is 12.3 Å². The summed E-state index contributed by atoms with van der Waals surface area (Å²) in [5, 5.41) is 13.4. The zero-order chi connectivity index (χ0) is 21.8. The van der Waals surface area contributed by atoms with Gasteiger partial charge in [-0.15, -0.1) is 0 Å². The van der Waals surface area contributed by atoms with Gasteiger partial charge in [-0.05, 0) is 26.3 Å². The van der Waals surface area contributed by atoms with Crippen LogP contribution in [0.3, 0.4) is 0 Å². The number of nitro benzene ring substituents is 1. The number of benzene rings is 2. The molecule has 29 heavy (non-hydrogen) atoms. The average Bonchev–Trinajstić information content (AvgIpc) is 2.57. The van der Waals surface area contributed by atoms with E-state index in [4.69, 9.17) is 9.47 Å². The van der Waals surface area contributed by atoms with Crippen molar-refractivity contribution in [3.63, 3.8) is 0 Å². The molecule has 7 nitrogen and oxygen atoms in total. The van der Waals surface area contributed by atoms with Gasteiger partial charge in [-0.3, -0.25) is 15.4 Å². The van der Waals surface area contributed by atoms with Crippen LogP contribution >= 0.6 is 0 Å². The number of amides is 1. The molecule has 10 heteroatoms. The van der Waals surface area contributed by atoms with Crippen LogP contribution < -0.4 is 10.1 Å². The van der Waals surface area contributed by atoms with Gasteiger partial charge < -0.3 is 9.47 Å². The zero-order valence-electron chi connectivity index (χ0n) is 15.9. The van der Waals surface area contributed by atoms with Crippen molar-refractivity contribution in [1.29, 1.82) is 0 Å². The van der Waals surface area contributed by atoms with Crippen LogP contribution in [0.5, 0.6) is 5.75 Å². The molecule has 0 fully saturated rings. The van der Waals surface area contributed by atoms with Crippen LogP contribution in [-0.2, 0) is 17.5 Å². The average molecular weight is 412 g/mol. The second-order valence-corrected chi connectivity index (χ2v) is 7.02. The number of hydrogen-bond acceptors (Lipinski definition) is 5. The minimum atomic E-state index is -4.90. The summed E-state index contributed by atoms with van der Waals surface area (Å²) in [5.41, 5.74) is -3.04. The number of carbonyl (C=O) groups is 1. The summed E-state index contributed by atoms with van der Waals surface area (Å²) >= 11 is 0. The van der Waals surface area contributed by atoms with Crippen LogP contribution in [-0.4, -0.2) is 16.6 Å². The van der Waals surface area contributed by atoms with Crippen molar-refractivity contribution >= 4 is 17.5 Å². The lowest BCUT2D eigenvalue weighted by Gasteiger charge is -2.20. The fourth-order valence-corrected chi connectivity index (χ4v) is 2.31. The van der Waals surface area contributed by atoms with Crippen molar-refractivity contribution in [1.82, 2.24) is 0 Å². The summed E-state index contributed by atoms with van der Waals surface area (Å²) in [7, 11) is 0. The molecular weight excluding hydrogens is 393 g/mol. The number of ether oxygens (including phenoxy) is 2. The van der Waals surface area contributed by atoms with Crippen LogP contribution in [0.4, 0.5) is 29.3 Å². The summed E-state index contributed by atoms with van der Waals surface area (Å²) in [6.45, 7) is 4.51. The summed E-state index contributed by atoms with van der Waals surface area (Å²) in [6.07, 6.45) is -5.95. The fraction of sp³-hybridized carbons (Fsp3) is 0.316. The third kappa shape index (κ3) is 6.37. The molecule has 0 radical (unpaired) electrons. The van der Waals surface area contributed by atoms with Gasteiger partial charge in [-0.25, -0.2) is 4.79 Å². The van der Waals surface area contributed by atoms with Crippen molar-refractivity contribution in [3.8, 4) is 5.75 Å². The van der Waals surface area contributed by atoms with Crippen molar-refractivity contribution in [2.75, 3.05) is 5.32 Å². The van der Waals surface area contributed by atoms with Crippen LogP contribution in [0.25, 0.3) is 0 Å². The second kappa shape index (κ2) is 8.38. The number of halogens is 3. The largest absolute Gasteiger partial charge is 0.488 e. The lowest BCUT2D eigenvalue weighted by molar-refractivity contribution is -0.384. The van der Waals surface area contributed by atoms with Crippen LogP contribution in [0, 0.1) is 10.1 Å². The van der Waals surface area contributed by atoms with Gasteiger partial charge in [-0.1, -0.05) is 30.3 Å². The predicted octanol–water partition coefficient (Wildman–Crippen LogP) is 5.54. The number of nitro groups is 1. The molecule has 2 aromatic rings. The Labute approximate surface area is 164 Å². The molecule has 1 N–H and O–H groups in total. The molecular formula is C19H19F3N2O5. The third-order valence-electron chi connectivity index (χ3n) is 3.47. The molecule has 0 saturated carbocycles. The normalized spacial score (nSPS) is 11.7. The molecule has 2 rings (SSSR count). The number of hydrogen-bond donors (Lipinski definition) is 1. The van der Waals surface area contributed by atoms with E-state index < -0.39 is 45.5 Å². The molecule has 1 amide bonds. The quantitative estimate of drug-likeness (QED) is 0.514. The standard InChI is InChI=1S/C19H19F3N2O5/c1-18(2,3)29-17(25)23-14-10-16(28-11-12-7-5-4-6-8-12)13(19(20,21)22)9-15(14)24(26)27/h4-10H,11H2,1-3H3,(H,23,25). The lowest BCUT2D eigenvalue weighted by Crippen LogP contribution is -2.27. The summed E-state index contributed by atoms with van der Waals surface area (Å²) in [4.78, 5) is 22.2. The molecule has 0 aliphatic heterocycles. The fourth-order valence-electron chi connectivity index (χ4n) is 2.31. The highest BCUT2D eigenvalue weighted by Gasteiger charge is 2.38. The number of nitrogens with one attached hydrogen (secondary N) is 1. The van der Waals surface area contributed by atoms with Gasteiger partial charge in [0.15, 0.2) is 0 Å². The van der Waals surface area contributed by atoms with Gasteiger partial charge in [0.05, 0.1) is 4.92 Å². The second-order valence-electron chi connectivity index (χ2n) is 7.02. The molecule has 0 atom stereocenters. The number of carbonyl (C=O) groups excluding carboxylic acids is 1. The van der Waals surface area contributed by atoms with E-state index >= 15 is 0 Å². The Morgan fingerprint density at radius 3 is 2.28 bits per heavy atom. The minimum Gasteiger partial charge on any atom is -0.488 e. The molecule has 0 spiro atoms. The number of alkyl halides is 3. The smallest absolute Gasteiger partial charge is 0.420 e. The maximum Gasteiger partial charge on any atom is 0.420 e. The Morgan fingerprint density at radius 2 is 1.76 bits per heavy atom. The van der Waals surface area contributed by atoms with Gasteiger partial charge in [0.1, 0.15) is 29.2 Å². The van der Waals surface area contributed by atoms with E-state index in [2.05, 4.69) is 5.32 Å². The molecule has 2 aromatic carbocycles. The summed E-state index contributed by atoms with van der Waals surface area (Å²) in [5.74, 6) is -0.655. The molecule has 0 aliphatic rings. The van der Waals surface area contributed by atoms with Gasteiger partial charge in [0.2, 0.25) is 0 Å². The van der Waals surface area contributed by atoms with Gasteiger partial charge in [0, 0.05) is 12.1 Å². The summed E-state index contributed by atoms with van der Waals surface area (Å²) in [6, 6.07) is 9.51. The SMILES string of the molecule is CC(C)(C)OC(=O)Nc1cc(OCc2ccccc2)c(C(F)(F)F)cc1[N+](=O)[O-]. The Bertz CT molecular complexity index is 893. The predicted molar refractivity (Wildman–Crippen MR) is 98.7 cm³/mol. The molecule has 0 aromatic heterocycles. The highest BCUT2D eigenvalue weighted by Crippen LogP contribution is 2.42. The molecule has 156 valence electrons. The Hall–Kier alpha value is -3.30. The number of rotatable bonds is 5. The first kappa shape index (κ1) is 22.0. The van der Waals surface area contributed by atoms with Crippen LogP contribution in [0.1, 0.15) is 31.9 Å². The number of nitrogens with zero attached hydrogens (tertiary/aromatic N) is 1. The van der Waals surface area contributed by atoms with Crippen molar-refractivity contribution in [2.24, 2.45) is 0 Å². The van der Waals surface area contributed by atoms with Crippen molar-refractivity contribution < 1.29 is 32.4 Å². The highest BCUT2D eigenvalue weighted by molar-refractivity contribution is 5.89. The Kier molecular flexibility index (Phi) is 6.35. The molecule has 0 saturated heterocycles. The van der Waals surface area contributed by atoms with E-state index in [-0.39, 0.29) is 6.61 Å². The van der Waals surface area contributed by atoms with E-state index in [9.17, 15) is 28.1 Å². The molecule has 0 unspecified atom stereocenters. The minimum absolute atomic E-state index is 0.201. The topological polar surface area (TPSA) is 90.7 Å². The lowest BCUT2D eigenvalue weighted by atomic mass is 10.1. The third-order valence-corrected chi connectivity index (χ3v) is 3.47. The van der Waals surface area contributed by atoms with Crippen LogP contribution in [0.2, 0.25) is 0 Å². The van der Waals surface area contributed by atoms with E-state index in [1.165, 1.54) is 0 Å². The number of anilines is 1. The first-order valence-electron chi connectivity index (χ1n) is 8.43. The van der Waals surface area contributed by atoms with Crippen molar-refractivity contribution in [2.45, 2.75) is 39.2 Å². The van der Waals surface area contributed by atoms with E-state index in [0.717, 1.165) is 6.07 Å². The Morgan fingerprint density at radius 1 is 1.14 bits per heavy atom. The van der Waals surface area contributed by atoms with E-state index in [0.29, 0.717) is 11.6 Å². The van der Waals surface area contributed by atoms with Crippen molar-refractivity contribution in [3.05, 3.63) is 63.7 Å². The summed E-state index contributed by atoms with van der Waals surface area (Å²) < 4.78 is 50.5. The maximum atomic E-state index is 13.4. The van der Waals surface area contributed by atoms with E-state index in [1.54, 1.807) is 51.1 Å². The monoisotopic (exact) mass is 412 g/mol.